The highest BCUT2D eigenvalue weighted by Gasteiger charge is 2.40. The Balaban J connectivity index is 1.45. The first-order valence-corrected chi connectivity index (χ1v) is 10.9. The SMILES string of the molecule is Cn1cc(-c2ccccc2[C@@H]2CNC[C@H]2C(=O)N2CCOC[C@@H]2c2ccccc2)cn1. The lowest BCUT2D eigenvalue weighted by Crippen LogP contribution is -2.47. The molecular weight excluding hydrogens is 388 g/mol. The van der Waals surface area contributed by atoms with Crippen LogP contribution in [0, 0.1) is 5.92 Å². The van der Waals surface area contributed by atoms with Gasteiger partial charge in [-0.1, -0.05) is 54.6 Å². The minimum absolute atomic E-state index is 0.0303. The Bertz CT molecular complexity index is 1050. The van der Waals surface area contributed by atoms with Crippen molar-refractivity contribution in [2.24, 2.45) is 13.0 Å². The van der Waals surface area contributed by atoms with Crippen LogP contribution in [0.15, 0.2) is 67.0 Å². The lowest BCUT2D eigenvalue weighted by atomic mass is 9.83. The molecule has 160 valence electrons. The predicted octanol–water partition coefficient (Wildman–Crippen LogP) is 2.99. The lowest BCUT2D eigenvalue weighted by Gasteiger charge is -2.38. The molecule has 0 spiro atoms. The van der Waals surface area contributed by atoms with Crippen molar-refractivity contribution in [2.45, 2.75) is 12.0 Å². The molecule has 5 rings (SSSR count). The number of ether oxygens (including phenoxy) is 1. The normalized spacial score (nSPS) is 23.8. The van der Waals surface area contributed by atoms with Gasteiger partial charge >= 0.3 is 0 Å². The third-order valence-electron chi connectivity index (χ3n) is 6.50. The summed E-state index contributed by atoms with van der Waals surface area (Å²) >= 11 is 0. The van der Waals surface area contributed by atoms with E-state index in [0.717, 1.165) is 23.2 Å². The quantitative estimate of drug-likeness (QED) is 0.710. The van der Waals surface area contributed by atoms with Crippen LogP contribution in [0.1, 0.15) is 23.1 Å². The maximum Gasteiger partial charge on any atom is 0.228 e. The molecule has 3 heterocycles. The summed E-state index contributed by atoms with van der Waals surface area (Å²) in [5.41, 5.74) is 4.59. The fourth-order valence-electron chi connectivity index (χ4n) is 4.94. The molecule has 2 aromatic carbocycles. The number of carbonyl (C=O) groups excluding carboxylic acids is 1. The second-order valence-corrected chi connectivity index (χ2v) is 8.39. The van der Waals surface area contributed by atoms with Gasteiger partial charge in [0.1, 0.15) is 0 Å². The van der Waals surface area contributed by atoms with E-state index in [4.69, 9.17) is 4.74 Å². The van der Waals surface area contributed by atoms with E-state index >= 15 is 0 Å². The zero-order chi connectivity index (χ0) is 21.2. The van der Waals surface area contributed by atoms with E-state index in [-0.39, 0.29) is 23.8 Å². The van der Waals surface area contributed by atoms with E-state index in [9.17, 15) is 4.79 Å². The van der Waals surface area contributed by atoms with Crippen molar-refractivity contribution in [3.05, 3.63) is 78.1 Å². The first kappa shape index (κ1) is 20.0. The minimum atomic E-state index is -0.0952. The van der Waals surface area contributed by atoms with E-state index in [1.165, 1.54) is 5.56 Å². The van der Waals surface area contributed by atoms with Crippen LogP contribution in [-0.2, 0) is 16.6 Å². The molecule has 1 amide bonds. The maximum absolute atomic E-state index is 13.8. The number of carbonyl (C=O) groups is 1. The van der Waals surface area contributed by atoms with Gasteiger partial charge in [-0.15, -0.1) is 0 Å². The van der Waals surface area contributed by atoms with Crippen LogP contribution in [-0.4, -0.2) is 53.4 Å². The molecule has 0 unspecified atom stereocenters. The number of nitrogens with one attached hydrogen (secondary N) is 1. The first-order chi connectivity index (χ1) is 15.2. The highest BCUT2D eigenvalue weighted by molar-refractivity contribution is 5.82. The molecule has 2 saturated heterocycles. The Kier molecular flexibility index (Phi) is 5.57. The summed E-state index contributed by atoms with van der Waals surface area (Å²) in [4.78, 5) is 15.9. The van der Waals surface area contributed by atoms with Gasteiger partial charge in [0.05, 0.1) is 31.4 Å². The van der Waals surface area contributed by atoms with E-state index in [1.807, 2.05) is 47.2 Å². The van der Waals surface area contributed by atoms with Crippen LogP contribution in [0.5, 0.6) is 0 Å². The number of hydrogen-bond donors (Lipinski definition) is 1. The average molecular weight is 417 g/mol. The largest absolute Gasteiger partial charge is 0.377 e. The number of aryl methyl sites for hydroxylation is 1. The lowest BCUT2D eigenvalue weighted by molar-refractivity contribution is -0.144. The Labute approximate surface area is 182 Å². The number of aromatic nitrogens is 2. The molecule has 31 heavy (non-hydrogen) atoms. The van der Waals surface area contributed by atoms with Gasteiger partial charge in [-0.3, -0.25) is 9.48 Å². The molecule has 1 aromatic heterocycles. The van der Waals surface area contributed by atoms with Crippen molar-refractivity contribution < 1.29 is 9.53 Å². The average Bonchev–Trinajstić information content (AvgIpc) is 3.48. The molecule has 6 nitrogen and oxygen atoms in total. The smallest absolute Gasteiger partial charge is 0.228 e. The predicted molar refractivity (Wildman–Crippen MR) is 119 cm³/mol. The summed E-state index contributed by atoms with van der Waals surface area (Å²) in [6.45, 7) is 3.27. The van der Waals surface area contributed by atoms with Crippen molar-refractivity contribution in [3.8, 4) is 11.1 Å². The fourth-order valence-corrected chi connectivity index (χ4v) is 4.94. The Morgan fingerprint density at radius 1 is 1.10 bits per heavy atom. The van der Waals surface area contributed by atoms with Gasteiger partial charge < -0.3 is 15.0 Å². The third kappa shape index (κ3) is 3.89. The highest BCUT2D eigenvalue weighted by Crippen LogP contribution is 2.37. The van der Waals surface area contributed by atoms with Gasteiger partial charge in [-0.05, 0) is 16.7 Å². The Morgan fingerprint density at radius 3 is 2.71 bits per heavy atom. The zero-order valence-corrected chi connectivity index (χ0v) is 17.8. The number of benzene rings is 2. The molecule has 1 N–H and O–H groups in total. The van der Waals surface area contributed by atoms with Gasteiger partial charge in [-0.25, -0.2) is 0 Å². The zero-order valence-electron chi connectivity index (χ0n) is 17.8. The van der Waals surface area contributed by atoms with Crippen LogP contribution >= 0.6 is 0 Å². The van der Waals surface area contributed by atoms with Crippen molar-refractivity contribution >= 4 is 5.91 Å². The molecular formula is C25H28N4O2. The van der Waals surface area contributed by atoms with Crippen LogP contribution in [0.4, 0.5) is 0 Å². The van der Waals surface area contributed by atoms with Crippen LogP contribution in [0.3, 0.4) is 0 Å². The van der Waals surface area contributed by atoms with Gasteiger partial charge in [0.15, 0.2) is 0 Å². The number of morpholine rings is 1. The van der Waals surface area contributed by atoms with Gasteiger partial charge in [0, 0.05) is 44.4 Å². The molecule has 2 aliphatic heterocycles. The molecule has 0 bridgehead atoms. The number of nitrogens with zero attached hydrogens (tertiary/aromatic N) is 3. The van der Waals surface area contributed by atoms with Gasteiger partial charge in [-0.2, -0.15) is 5.10 Å². The fraction of sp³-hybridized carbons (Fsp3) is 0.360. The van der Waals surface area contributed by atoms with Crippen molar-refractivity contribution in [2.75, 3.05) is 32.8 Å². The minimum Gasteiger partial charge on any atom is -0.377 e. The molecule has 2 fully saturated rings. The van der Waals surface area contributed by atoms with E-state index in [1.54, 1.807) is 0 Å². The van der Waals surface area contributed by atoms with Crippen LogP contribution in [0.2, 0.25) is 0 Å². The molecule has 0 aliphatic carbocycles. The van der Waals surface area contributed by atoms with E-state index < -0.39 is 0 Å². The summed E-state index contributed by atoms with van der Waals surface area (Å²) in [6, 6.07) is 18.6. The maximum atomic E-state index is 13.8. The molecule has 0 radical (unpaired) electrons. The Hall–Kier alpha value is -2.96. The third-order valence-corrected chi connectivity index (χ3v) is 6.50. The molecule has 2 aliphatic rings. The number of rotatable bonds is 4. The van der Waals surface area contributed by atoms with Gasteiger partial charge in [0.25, 0.3) is 0 Å². The summed E-state index contributed by atoms with van der Waals surface area (Å²) in [5, 5.41) is 7.82. The van der Waals surface area contributed by atoms with Crippen molar-refractivity contribution in [3.63, 3.8) is 0 Å². The topological polar surface area (TPSA) is 59.4 Å². The van der Waals surface area contributed by atoms with Crippen molar-refractivity contribution in [1.29, 1.82) is 0 Å². The summed E-state index contributed by atoms with van der Waals surface area (Å²) < 4.78 is 7.57. The van der Waals surface area contributed by atoms with Crippen molar-refractivity contribution in [1.82, 2.24) is 20.0 Å². The number of amides is 1. The van der Waals surface area contributed by atoms with E-state index in [2.05, 4.69) is 46.8 Å². The summed E-state index contributed by atoms with van der Waals surface area (Å²) in [6.07, 6.45) is 3.93. The summed E-state index contributed by atoms with van der Waals surface area (Å²) in [7, 11) is 1.93. The molecule has 6 heteroatoms. The van der Waals surface area contributed by atoms with Crippen LogP contribution in [0.25, 0.3) is 11.1 Å². The highest BCUT2D eigenvalue weighted by atomic mass is 16.5. The Morgan fingerprint density at radius 2 is 1.90 bits per heavy atom. The second kappa shape index (κ2) is 8.65. The molecule has 3 atom stereocenters. The standard InChI is InChI=1S/C25H28N4O2/c1-28-16-19(13-27-28)20-9-5-6-10-21(20)22-14-26-15-23(22)25(30)29-11-12-31-17-24(29)18-7-3-2-4-8-18/h2-10,13,16,22-24,26H,11-12,14-15,17H2,1H3/t22-,23+,24+/m0/s1. The number of hydrogen-bond acceptors (Lipinski definition) is 4. The van der Waals surface area contributed by atoms with E-state index in [0.29, 0.717) is 26.3 Å². The van der Waals surface area contributed by atoms with Gasteiger partial charge in [0.2, 0.25) is 5.91 Å². The summed E-state index contributed by atoms with van der Waals surface area (Å²) in [5.74, 6) is 0.249. The molecule has 3 aromatic rings. The second-order valence-electron chi connectivity index (χ2n) is 8.39. The first-order valence-electron chi connectivity index (χ1n) is 10.9. The monoisotopic (exact) mass is 416 g/mol. The van der Waals surface area contributed by atoms with Crippen LogP contribution < -0.4 is 5.32 Å². The molecule has 0 saturated carbocycles.